The van der Waals surface area contributed by atoms with E-state index in [1.165, 1.54) is 44.2 Å². The Morgan fingerprint density at radius 1 is 1.05 bits per heavy atom. The lowest BCUT2D eigenvalue weighted by Gasteiger charge is -2.00. The molecule has 1 aromatic heterocycles. The normalized spacial score (nSPS) is 11.1. The number of ketones is 1. The number of carbonyl (C=O) groups is 1. The zero-order valence-electron chi connectivity index (χ0n) is 12.7. The first-order chi connectivity index (χ1) is 10.2. The SMILES string of the molecule is CCCCCCCCCC(=O)c1cc2cc(F)ccc2o1. The van der Waals surface area contributed by atoms with Gasteiger partial charge in [0.2, 0.25) is 0 Å². The lowest BCUT2D eigenvalue weighted by atomic mass is 10.1. The smallest absolute Gasteiger partial charge is 0.198 e. The number of carbonyl (C=O) groups excluding carboxylic acids is 1. The zero-order valence-corrected chi connectivity index (χ0v) is 12.7. The molecule has 1 heterocycles. The molecule has 0 spiro atoms. The monoisotopic (exact) mass is 290 g/mol. The third-order valence-electron chi connectivity index (χ3n) is 3.76. The number of benzene rings is 1. The third-order valence-corrected chi connectivity index (χ3v) is 3.76. The summed E-state index contributed by atoms with van der Waals surface area (Å²) in [5.74, 6) is 0.0520. The molecular weight excluding hydrogens is 267 g/mol. The van der Waals surface area contributed by atoms with Gasteiger partial charge >= 0.3 is 0 Å². The summed E-state index contributed by atoms with van der Waals surface area (Å²) in [5, 5.41) is 0.651. The topological polar surface area (TPSA) is 30.2 Å². The fraction of sp³-hybridized carbons (Fsp3) is 0.500. The number of unbranched alkanes of at least 4 members (excludes halogenated alkanes) is 6. The Morgan fingerprint density at radius 3 is 2.52 bits per heavy atom. The molecule has 0 amide bonds. The highest BCUT2D eigenvalue weighted by Gasteiger charge is 2.12. The minimum absolute atomic E-state index is 0.0140. The highest BCUT2D eigenvalue weighted by molar-refractivity contribution is 5.97. The Bertz CT molecular complexity index is 586. The van der Waals surface area contributed by atoms with E-state index < -0.39 is 0 Å². The molecule has 21 heavy (non-hydrogen) atoms. The molecule has 0 radical (unpaired) electrons. The molecule has 0 aliphatic heterocycles. The molecule has 0 aliphatic carbocycles. The predicted octanol–water partition coefficient (Wildman–Crippen LogP) is 5.90. The molecule has 0 unspecified atom stereocenters. The predicted molar refractivity (Wildman–Crippen MR) is 83.1 cm³/mol. The van der Waals surface area contributed by atoms with Crippen molar-refractivity contribution in [2.75, 3.05) is 0 Å². The van der Waals surface area contributed by atoms with Gasteiger partial charge in [0.1, 0.15) is 11.4 Å². The van der Waals surface area contributed by atoms with Crippen LogP contribution in [0.25, 0.3) is 11.0 Å². The molecule has 2 rings (SSSR count). The van der Waals surface area contributed by atoms with Gasteiger partial charge in [0.05, 0.1) is 0 Å². The van der Waals surface area contributed by atoms with Crippen molar-refractivity contribution >= 4 is 16.8 Å². The lowest BCUT2D eigenvalue weighted by Crippen LogP contribution is -1.96. The first-order valence-corrected chi connectivity index (χ1v) is 7.93. The second kappa shape index (κ2) is 7.96. The molecule has 0 atom stereocenters. The molecule has 3 heteroatoms. The van der Waals surface area contributed by atoms with Crippen LogP contribution in [0.3, 0.4) is 0 Å². The standard InChI is InChI=1S/C18H23FO2/c1-2-3-4-5-6-7-8-9-16(20)18-13-14-12-15(19)10-11-17(14)21-18/h10-13H,2-9H2,1H3. The van der Waals surface area contributed by atoms with Crippen LogP contribution in [0.1, 0.15) is 68.8 Å². The highest BCUT2D eigenvalue weighted by Crippen LogP contribution is 2.22. The van der Waals surface area contributed by atoms with E-state index in [1.54, 1.807) is 12.1 Å². The average molecular weight is 290 g/mol. The van der Waals surface area contributed by atoms with Gasteiger partial charge in [0, 0.05) is 11.8 Å². The lowest BCUT2D eigenvalue weighted by molar-refractivity contribution is 0.0954. The molecule has 0 N–H and O–H groups in total. The number of hydrogen-bond acceptors (Lipinski definition) is 2. The van der Waals surface area contributed by atoms with Gasteiger partial charge in [0.15, 0.2) is 11.5 Å². The summed E-state index contributed by atoms with van der Waals surface area (Å²) in [5.41, 5.74) is 0.569. The zero-order chi connectivity index (χ0) is 15.1. The average Bonchev–Trinajstić information content (AvgIpc) is 2.89. The van der Waals surface area contributed by atoms with Crippen molar-refractivity contribution in [3.05, 3.63) is 35.8 Å². The summed E-state index contributed by atoms with van der Waals surface area (Å²) in [6, 6.07) is 5.94. The fourth-order valence-electron chi connectivity index (χ4n) is 2.52. The largest absolute Gasteiger partial charge is 0.453 e. The molecule has 0 fully saturated rings. The van der Waals surface area contributed by atoms with Gasteiger partial charge in [-0.15, -0.1) is 0 Å². The Kier molecular flexibility index (Phi) is 5.97. The van der Waals surface area contributed by atoms with E-state index in [4.69, 9.17) is 4.42 Å². The van der Waals surface area contributed by atoms with Gasteiger partial charge in [-0.05, 0) is 30.7 Å². The first-order valence-electron chi connectivity index (χ1n) is 7.93. The van der Waals surface area contributed by atoms with Crippen LogP contribution >= 0.6 is 0 Å². The van der Waals surface area contributed by atoms with E-state index >= 15 is 0 Å². The van der Waals surface area contributed by atoms with Crippen molar-refractivity contribution < 1.29 is 13.6 Å². The Labute approximate surface area is 125 Å². The molecule has 0 aliphatic rings. The number of fused-ring (bicyclic) bond motifs is 1. The Hall–Kier alpha value is -1.64. The minimum Gasteiger partial charge on any atom is -0.453 e. The molecule has 2 nitrogen and oxygen atoms in total. The van der Waals surface area contributed by atoms with Crippen molar-refractivity contribution in [3.63, 3.8) is 0 Å². The van der Waals surface area contributed by atoms with Crippen LogP contribution in [-0.4, -0.2) is 5.78 Å². The van der Waals surface area contributed by atoms with Crippen LogP contribution < -0.4 is 0 Å². The maximum Gasteiger partial charge on any atom is 0.198 e. The summed E-state index contributed by atoms with van der Waals surface area (Å²) >= 11 is 0. The molecule has 114 valence electrons. The summed E-state index contributed by atoms with van der Waals surface area (Å²) < 4.78 is 18.6. The Morgan fingerprint density at radius 2 is 1.76 bits per heavy atom. The first kappa shape index (κ1) is 15.7. The number of furan rings is 1. The number of Topliss-reactive ketones (excluding diaryl/α,β-unsaturated/α-hetero) is 1. The van der Waals surface area contributed by atoms with Crippen LogP contribution in [0.2, 0.25) is 0 Å². The Balaban J connectivity index is 1.77. The van der Waals surface area contributed by atoms with Gasteiger partial charge in [0.25, 0.3) is 0 Å². The van der Waals surface area contributed by atoms with E-state index in [9.17, 15) is 9.18 Å². The van der Waals surface area contributed by atoms with E-state index in [-0.39, 0.29) is 11.6 Å². The maximum atomic E-state index is 13.1. The maximum absolute atomic E-state index is 13.1. The molecule has 1 aromatic carbocycles. The number of hydrogen-bond donors (Lipinski definition) is 0. The van der Waals surface area contributed by atoms with Crippen molar-refractivity contribution in [2.45, 2.75) is 58.3 Å². The van der Waals surface area contributed by atoms with E-state index in [0.29, 0.717) is 23.2 Å². The molecule has 0 saturated carbocycles. The summed E-state index contributed by atoms with van der Waals surface area (Å²) in [7, 11) is 0. The van der Waals surface area contributed by atoms with E-state index in [1.807, 2.05) is 0 Å². The van der Waals surface area contributed by atoms with Crippen molar-refractivity contribution in [2.24, 2.45) is 0 Å². The van der Waals surface area contributed by atoms with Gasteiger partial charge in [-0.1, -0.05) is 45.4 Å². The van der Waals surface area contributed by atoms with Crippen LogP contribution in [0.4, 0.5) is 4.39 Å². The van der Waals surface area contributed by atoms with Crippen molar-refractivity contribution in [1.29, 1.82) is 0 Å². The molecule has 0 saturated heterocycles. The third kappa shape index (κ3) is 4.69. The van der Waals surface area contributed by atoms with Crippen LogP contribution in [0, 0.1) is 5.82 Å². The van der Waals surface area contributed by atoms with Crippen molar-refractivity contribution in [1.82, 2.24) is 0 Å². The van der Waals surface area contributed by atoms with E-state index in [2.05, 4.69) is 6.92 Å². The second-order valence-electron chi connectivity index (χ2n) is 5.59. The summed E-state index contributed by atoms with van der Waals surface area (Å²) in [6.07, 6.45) is 8.79. The van der Waals surface area contributed by atoms with Crippen LogP contribution in [-0.2, 0) is 0 Å². The minimum atomic E-state index is -0.311. The van der Waals surface area contributed by atoms with Gasteiger partial charge in [-0.25, -0.2) is 4.39 Å². The molecule has 0 bridgehead atoms. The van der Waals surface area contributed by atoms with Gasteiger partial charge in [-0.3, -0.25) is 4.79 Å². The summed E-state index contributed by atoms with van der Waals surface area (Å²) in [4.78, 5) is 12.0. The number of rotatable bonds is 9. The second-order valence-corrected chi connectivity index (χ2v) is 5.59. The molecule has 2 aromatic rings. The fourth-order valence-corrected chi connectivity index (χ4v) is 2.52. The van der Waals surface area contributed by atoms with Crippen LogP contribution in [0.5, 0.6) is 0 Å². The number of halogens is 1. The van der Waals surface area contributed by atoms with Crippen LogP contribution in [0.15, 0.2) is 28.7 Å². The van der Waals surface area contributed by atoms with Gasteiger partial charge in [-0.2, -0.15) is 0 Å². The summed E-state index contributed by atoms with van der Waals surface area (Å²) in [6.45, 7) is 2.21. The highest BCUT2D eigenvalue weighted by atomic mass is 19.1. The molecular formula is C18H23FO2. The van der Waals surface area contributed by atoms with Crippen molar-refractivity contribution in [3.8, 4) is 0 Å². The van der Waals surface area contributed by atoms with Gasteiger partial charge < -0.3 is 4.42 Å². The quantitative estimate of drug-likeness (QED) is 0.425. The van der Waals surface area contributed by atoms with E-state index in [0.717, 1.165) is 12.8 Å².